The maximum atomic E-state index is 12.7. The molecule has 5 heteroatoms. The topological polar surface area (TPSA) is 50.8 Å². The molecule has 1 N–H and O–H groups in total. The third kappa shape index (κ3) is 4.16. The summed E-state index contributed by atoms with van der Waals surface area (Å²) >= 11 is 0. The number of ether oxygens (including phenoxy) is 2. The van der Waals surface area contributed by atoms with Gasteiger partial charge in [-0.15, -0.1) is 0 Å². The molecule has 0 aromatic heterocycles. The fraction of sp³-hybridized carbons (Fsp3) is 0.611. The molecule has 126 valence electrons. The highest BCUT2D eigenvalue weighted by atomic mass is 16.5. The smallest absolute Gasteiger partial charge is 0.254 e. The van der Waals surface area contributed by atoms with Crippen LogP contribution in [-0.2, 0) is 0 Å². The van der Waals surface area contributed by atoms with Crippen molar-refractivity contribution < 1.29 is 14.3 Å². The summed E-state index contributed by atoms with van der Waals surface area (Å²) in [4.78, 5) is 14.6. The van der Waals surface area contributed by atoms with Crippen LogP contribution in [0, 0.1) is 5.92 Å². The highest BCUT2D eigenvalue weighted by molar-refractivity contribution is 5.95. The number of hydrogen-bond acceptors (Lipinski definition) is 4. The molecule has 1 saturated heterocycles. The van der Waals surface area contributed by atoms with Crippen LogP contribution >= 0.6 is 0 Å². The maximum Gasteiger partial charge on any atom is 0.254 e. The lowest BCUT2D eigenvalue weighted by Gasteiger charge is -2.32. The third-order valence-corrected chi connectivity index (χ3v) is 4.77. The average molecular weight is 318 g/mol. The van der Waals surface area contributed by atoms with Gasteiger partial charge >= 0.3 is 0 Å². The van der Waals surface area contributed by atoms with Gasteiger partial charge in [0.1, 0.15) is 11.5 Å². The molecule has 5 nitrogen and oxygen atoms in total. The van der Waals surface area contributed by atoms with Gasteiger partial charge < -0.3 is 19.7 Å². The molecule has 0 bridgehead atoms. The molecule has 2 aliphatic rings. The summed E-state index contributed by atoms with van der Waals surface area (Å²) in [5.74, 6) is 2.25. The molecule has 1 aliphatic heterocycles. The Morgan fingerprint density at radius 3 is 2.22 bits per heavy atom. The number of nitrogens with one attached hydrogen (secondary N) is 1. The van der Waals surface area contributed by atoms with Crippen LogP contribution in [0.25, 0.3) is 0 Å². The van der Waals surface area contributed by atoms with E-state index in [4.69, 9.17) is 9.47 Å². The van der Waals surface area contributed by atoms with Crippen molar-refractivity contribution in [3.8, 4) is 11.5 Å². The first-order valence-electron chi connectivity index (χ1n) is 8.45. The standard InChI is InChI=1S/C18H26N2O3/c1-22-16-9-14(10-17(11-16)23-2)18(21)20-7-5-15(6-8-20)19-12-13-3-4-13/h9-11,13,15,19H,3-8,12H2,1-2H3. The summed E-state index contributed by atoms with van der Waals surface area (Å²) in [6.07, 6.45) is 4.81. The number of methoxy groups -OCH3 is 2. The van der Waals surface area contributed by atoms with Gasteiger partial charge in [-0.25, -0.2) is 0 Å². The Labute approximate surface area is 137 Å². The van der Waals surface area contributed by atoms with Gasteiger partial charge in [0.05, 0.1) is 14.2 Å². The van der Waals surface area contributed by atoms with Crippen molar-refractivity contribution in [2.24, 2.45) is 5.92 Å². The predicted molar refractivity (Wildman–Crippen MR) is 89.2 cm³/mol. The van der Waals surface area contributed by atoms with Crippen molar-refractivity contribution in [3.63, 3.8) is 0 Å². The Morgan fingerprint density at radius 2 is 1.70 bits per heavy atom. The zero-order chi connectivity index (χ0) is 16.2. The van der Waals surface area contributed by atoms with E-state index in [9.17, 15) is 4.79 Å². The Kier molecular flexibility index (Phi) is 5.06. The minimum Gasteiger partial charge on any atom is -0.497 e. The largest absolute Gasteiger partial charge is 0.497 e. The Hall–Kier alpha value is -1.75. The van der Waals surface area contributed by atoms with E-state index in [1.165, 1.54) is 12.8 Å². The lowest BCUT2D eigenvalue weighted by Crippen LogP contribution is -2.45. The molecule has 1 aromatic rings. The number of likely N-dealkylation sites (tertiary alicyclic amines) is 1. The SMILES string of the molecule is COc1cc(OC)cc(C(=O)N2CCC(NCC3CC3)CC2)c1. The monoisotopic (exact) mass is 318 g/mol. The van der Waals surface area contributed by atoms with Gasteiger partial charge in [0.15, 0.2) is 0 Å². The number of nitrogens with zero attached hydrogens (tertiary/aromatic N) is 1. The lowest BCUT2D eigenvalue weighted by molar-refractivity contribution is 0.0704. The highest BCUT2D eigenvalue weighted by Gasteiger charge is 2.26. The fourth-order valence-electron chi connectivity index (χ4n) is 3.06. The van der Waals surface area contributed by atoms with Crippen LogP contribution in [0.5, 0.6) is 11.5 Å². The number of piperidine rings is 1. The van der Waals surface area contributed by atoms with E-state index in [2.05, 4.69) is 5.32 Å². The van der Waals surface area contributed by atoms with Gasteiger partial charge in [-0.05, 0) is 50.3 Å². The minimum absolute atomic E-state index is 0.0582. The van der Waals surface area contributed by atoms with E-state index in [1.54, 1.807) is 32.4 Å². The molecule has 23 heavy (non-hydrogen) atoms. The zero-order valence-electron chi connectivity index (χ0n) is 14.0. The maximum absolute atomic E-state index is 12.7. The minimum atomic E-state index is 0.0582. The highest BCUT2D eigenvalue weighted by Crippen LogP contribution is 2.28. The first kappa shape index (κ1) is 16.1. The van der Waals surface area contributed by atoms with E-state index in [0.717, 1.165) is 38.4 Å². The van der Waals surface area contributed by atoms with Gasteiger partial charge in [-0.1, -0.05) is 0 Å². The second kappa shape index (κ2) is 7.21. The van der Waals surface area contributed by atoms with Crippen LogP contribution in [-0.4, -0.2) is 50.7 Å². The number of hydrogen-bond donors (Lipinski definition) is 1. The average Bonchev–Trinajstić information content (AvgIpc) is 3.43. The molecule has 0 unspecified atom stereocenters. The summed E-state index contributed by atoms with van der Waals surface area (Å²) in [5.41, 5.74) is 0.630. The van der Waals surface area contributed by atoms with E-state index in [-0.39, 0.29) is 5.91 Å². The third-order valence-electron chi connectivity index (χ3n) is 4.77. The van der Waals surface area contributed by atoms with Crippen molar-refractivity contribution in [1.82, 2.24) is 10.2 Å². The van der Waals surface area contributed by atoms with Crippen LogP contribution in [0.4, 0.5) is 0 Å². The zero-order valence-corrected chi connectivity index (χ0v) is 14.0. The van der Waals surface area contributed by atoms with Crippen LogP contribution in [0.2, 0.25) is 0 Å². The van der Waals surface area contributed by atoms with E-state index in [0.29, 0.717) is 23.1 Å². The molecule has 1 aromatic carbocycles. The normalized spacial score (nSPS) is 18.8. The number of rotatable bonds is 6. The van der Waals surface area contributed by atoms with Gasteiger partial charge in [0, 0.05) is 30.8 Å². The molecule has 1 amide bonds. The van der Waals surface area contributed by atoms with Crippen LogP contribution in [0.1, 0.15) is 36.0 Å². The van der Waals surface area contributed by atoms with Crippen molar-refractivity contribution in [1.29, 1.82) is 0 Å². The quantitative estimate of drug-likeness (QED) is 0.874. The number of carbonyl (C=O) groups is 1. The predicted octanol–water partition coefficient (Wildman–Crippen LogP) is 2.31. The van der Waals surface area contributed by atoms with E-state index in [1.807, 2.05) is 4.90 Å². The van der Waals surface area contributed by atoms with E-state index >= 15 is 0 Å². The second-order valence-corrected chi connectivity index (χ2v) is 6.52. The Morgan fingerprint density at radius 1 is 1.09 bits per heavy atom. The summed E-state index contributed by atoms with van der Waals surface area (Å²) in [6, 6.07) is 5.90. The van der Waals surface area contributed by atoms with Crippen molar-refractivity contribution >= 4 is 5.91 Å². The summed E-state index contributed by atoms with van der Waals surface area (Å²) in [7, 11) is 3.19. The molecule has 1 heterocycles. The lowest BCUT2D eigenvalue weighted by atomic mass is 10.0. The van der Waals surface area contributed by atoms with Gasteiger partial charge in [-0.3, -0.25) is 4.79 Å². The fourth-order valence-corrected chi connectivity index (χ4v) is 3.06. The van der Waals surface area contributed by atoms with E-state index < -0.39 is 0 Å². The van der Waals surface area contributed by atoms with Crippen molar-refractivity contribution in [2.75, 3.05) is 33.9 Å². The molecule has 3 rings (SSSR count). The molecule has 0 radical (unpaired) electrons. The Balaban J connectivity index is 1.58. The molecular formula is C18H26N2O3. The Bertz CT molecular complexity index is 527. The van der Waals surface area contributed by atoms with Gasteiger partial charge in [0.25, 0.3) is 5.91 Å². The molecule has 1 aliphatic carbocycles. The van der Waals surface area contributed by atoms with Gasteiger partial charge in [-0.2, -0.15) is 0 Å². The summed E-state index contributed by atoms with van der Waals surface area (Å²) < 4.78 is 10.5. The molecule has 1 saturated carbocycles. The molecule has 0 spiro atoms. The van der Waals surface area contributed by atoms with Crippen LogP contribution in [0.15, 0.2) is 18.2 Å². The first-order valence-corrected chi connectivity index (χ1v) is 8.45. The molecular weight excluding hydrogens is 292 g/mol. The molecule has 2 fully saturated rings. The van der Waals surface area contributed by atoms with Crippen LogP contribution in [0.3, 0.4) is 0 Å². The summed E-state index contributed by atoms with van der Waals surface area (Å²) in [6.45, 7) is 2.76. The summed E-state index contributed by atoms with van der Waals surface area (Å²) in [5, 5.41) is 3.64. The van der Waals surface area contributed by atoms with Gasteiger partial charge in [0.2, 0.25) is 0 Å². The first-order chi connectivity index (χ1) is 11.2. The number of amides is 1. The van der Waals surface area contributed by atoms with Crippen molar-refractivity contribution in [3.05, 3.63) is 23.8 Å². The molecule has 0 atom stereocenters. The number of carbonyl (C=O) groups excluding carboxylic acids is 1. The second-order valence-electron chi connectivity index (χ2n) is 6.52. The van der Waals surface area contributed by atoms with Crippen molar-refractivity contribution in [2.45, 2.75) is 31.7 Å². The van der Waals surface area contributed by atoms with Crippen LogP contribution < -0.4 is 14.8 Å². The number of benzene rings is 1.